The summed E-state index contributed by atoms with van der Waals surface area (Å²) in [7, 11) is -3.87. The summed E-state index contributed by atoms with van der Waals surface area (Å²) in [6.07, 6.45) is 0. The van der Waals surface area contributed by atoms with Crippen molar-refractivity contribution in [3.05, 3.63) is 36.1 Å². The number of benzene rings is 1. The van der Waals surface area contributed by atoms with Crippen LogP contribution in [0.4, 0.5) is 5.82 Å². The number of para-hydroxylation sites is 2. The molecule has 9 heteroatoms. The minimum atomic E-state index is -3.87. The van der Waals surface area contributed by atoms with Gasteiger partial charge in [0.05, 0.1) is 11.0 Å². The first-order valence-electron chi connectivity index (χ1n) is 6.35. The Balaban J connectivity index is 1.79. The molecule has 0 aliphatic carbocycles. The van der Waals surface area contributed by atoms with Crippen LogP contribution in [0.25, 0.3) is 11.0 Å². The standard InChI is InChI=1S/C13H12N4O4S/c1-8-6-11(17-21-8)16-12(18)7-22(19,20)13-14-9-4-2-3-5-10(9)15-13/h2-6H,7H2,1H3,(H,14,15)(H,16,17,18). The third kappa shape index (κ3) is 2.84. The largest absolute Gasteiger partial charge is 0.360 e. The van der Waals surface area contributed by atoms with E-state index in [-0.39, 0.29) is 11.0 Å². The Morgan fingerprint density at radius 3 is 2.82 bits per heavy atom. The molecule has 3 rings (SSSR count). The highest BCUT2D eigenvalue weighted by Crippen LogP contribution is 2.15. The molecule has 2 N–H and O–H groups in total. The molecule has 0 atom stereocenters. The van der Waals surface area contributed by atoms with Crippen molar-refractivity contribution in [3.8, 4) is 0 Å². The van der Waals surface area contributed by atoms with Gasteiger partial charge < -0.3 is 14.8 Å². The van der Waals surface area contributed by atoms with Crippen LogP contribution in [0.3, 0.4) is 0 Å². The average Bonchev–Trinajstić information content (AvgIpc) is 3.04. The second-order valence-electron chi connectivity index (χ2n) is 4.69. The van der Waals surface area contributed by atoms with E-state index in [0.717, 1.165) is 0 Å². The van der Waals surface area contributed by atoms with Gasteiger partial charge in [0.25, 0.3) is 0 Å². The summed E-state index contributed by atoms with van der Waals surface area (Å²) < 4.78 is 29.2. The van der Waals surface area contributed by atoms with E-state index in [9.17, 15) is 13.2 Å². The predicted molar refractivity (Wildman–Crippen MR) is 78.0 cm³/mol. The van der Waals surface area contributed by atoms with Crippen LogP contribution in [0.15, 0.2) is 40.0 Å². The van der Waals surface area contributed by atoms with Crippen LogP contribution in [0.2, 0.25) is 0 Å². The third-order valence-corrected chi connectivity index (χ3v) is 4.30. The van der Waals surface area contributed by atoms with E-state index in [1.165, 1.54) is 6.07 Å². The first-order valence-corrected chi connectivity index (χ1v) is 8.00. The summed E-state index contributed by atoms with van der Waals surface area (Å²) >= 11 is 0. The number of aromatic amines is 1. The summed E-state index contributed by atoms with van der Waals surface area (Å²) in [6.45, 7) is 1.66. The van der Waals surface area contributed by atoms with Gasteiger partial charge in [0.2, 0.25) is 20.9 Å². The van der Waals surface area contributed by atoms with E-state index in [1.807, 2.05) is 0 Å². The number of aromatic nitrogens is 3. The van der Waals surface area contributed by atoms with E-state index in [4.69, 9.17) is 4.52 Å². The molecule has 8 nitrogen and oxygen atoms in total. The first-order chi connectivity index (χ1) is 10.4. The number of rotatable bonds is 4. The van der Waals surface area contributed by atoms with Gasteiger partial charge >= 0.3 is 0 Å². The quantitative estimate of drug-likeness (QED) is 0.747. The van der Waals surface area contributed by atoms with E-state index < -0.39 is 21.5 Å². The van der Waals surface area contributed by atoms with Crippen LogP contribution in [-0.2, 0) is 14.6 Å². The number of hydrogen-bond donors (Lipinski definition) is 2. The number of carbonyl (C=O) groups excluding carboxylic acids is 1. The molecule has 22 heavy (non-hydrogen) atoms. The Bertz CT molecular complexity index is 909. The van der Waals surface area contributed by atoms with Gasteiger partial charge in [-0.1, -0.05) is 17.3 Å². The van der Waals surface area contributed by atoms with Gasteiger partial charge in [-0.25, -0.2) is 13.4 Å². The highest BCUT2D eigenvalue weighted by Gasteiger charge is 2.23. The number of imidazole rings is 1. The topological polar surface area (TPSA) is 118 Å². The zero-order valence-corrected chi connectivity index (χ0v) is 12.3. The Hall–Kier alpha value is -2.68. The number of carbonyl (C=O) groups is 1. The Labute approximate surface area is 125 Å². The minimum absolute atomic E-state index is 0.169. The summed E-state index contributed by atoms with van der Waals surface area (Å²) in [6, 6.07) is 8.39. The molecule has 3 aromatic rings. The van der Waals surface area contributed by atoms with Gasteiger partial charge in [0.15, 0.2) is 5.82 Å². The molecule has 0 aliphatic heterocycles. The number of anilines is 1. The van der Waals surface area contributed by atoms with Gasteiger partial charge in [0, 0.05) is 6.07 Å². The van der Waals surface area contributed by atoms with Crippen molar-refractivity contribution < 1.29 is 17.7 Å². The molecule has 1 amide bonds. The second kappa shape index (κ2) is 5.26. The molecule has 2 aromatic heterocycles. The second-order valence-corrected chi connectivity index (χ2v) is 6.59. The molecule has 0 aliphatic rings. The predicted octanol–water partition coefficient (Wildman–Crippen LogP) is 1.27. The van der Waals surface area contributed by atoms with Crippen molar-refractivity contribution in [2.75, 3.05) is 11.1 Å². The fourth-order valence-electron chi connectivity index (χ4n) is 1.92. The maximum atomic E-state index is 12.2. The maximum Gasteiger partial charge on any atom is 0.241 e. The lowest BCUT2D eigenvalue weighted by molar-refractivity contribution is -0.113. The molecule has 2 heterocycles. The molecule has 0 saturated carbocycles. The zero-order chi connectivity index (χ0) is 15.7. The summed E-state index contributed by atoms with van der Waals surface area (Å²) in [5.41, 5.74) is 1.11. The highest BCUT2D eigenvalue weighted by atomic mass is 32.2. The van der Waals surface area contributed by atoms with Crippen molar-refractivity contribution >= 4 is 32.6 Å². The van der Waals surface area contributed by atoms with Crippen molar-refractivity contribution in [2.45, 2.75) is 12.1 Å². The molecular formula is C13H12N4O4S. The summed E-state index contributed by atoms with van der Waals surface area (Å²) in [5.74, 6) is -0.773. The molecule has 0 bridgehead atoms. The number of nitrogens with zero attached hydrogens (tertiary/aromatic N) is 2. The van der Waals surface area contributed by atoms with E-state index in [0.29, 0.717) is 16.8 Å². The summed E-state index contributed by atoms with van der Waals surface area (Å²) in [5, 5.41) is 5.69. The third-order valence-electron chi connectivity index (χ3n) is 2.88. The van der Waals surface area contributed by atoms with E-state index >= 15 is 0 Å². The monoisotopic (exact) mass is 320 g/mol. The SMILES string of the molecule is Cc1cc(NC(=O)CS(=O)(=O)c2nc3ccccc3[nH]2)no1. The Morgan fingerprint density at radius 2 is 2.14 bits per heavy atom. The first kappa shape index (κ1) is 14.3. The number of H-pyrrole nitrogens is 1. The Kier molecular flexibility index (Phi) is 3.41. The van der Waals surface area contributed by atoms with Crippen LogP contribution >= 0.6 is 0 Å². The maximum absolute atomic E-state index is 12.2. The lowest BCUT2D eigenvalue weighted by atomic mass is 10.3. The van der Waals surface area contributed by atoms with Gasteiger partial charge in [0.1, 0.15) is 11.5 Å². The molecule has 0 unspecified atom stereocenters. The average molecular weight is 320 g/mol. The van der Waals surface area contributed by atoms with Crippen LogP contribution < -0.4 is 5.32 Å². The van der Waals surface area contributed by atoms with E-state index in [2.05, 4.69) is 20.4 Å². The number of aryl methyl sites for hydroxylation is 1. The normalized spacial score (nSPS) is 11.7. The van der Waals surface area contributed by atoms with Crippen LogP contribution in [0, 0.1) is 6.92 Å². The van der Waals surface area contributed by atoms with Gasteiger partial charge in [-0.3, -0.25) is 4.79 Å². The smallest absolute Gasteiger partial charge is 0.241 e. The Morgan fingerprint density at radius 1 is 1.36 bits per heavy atom. The molecule has 0 saturated heterocycles. The number of sulfone groups is 1. The van der Waals surface area contributed by atoms with Crippen LogP contribution in [-0.4, -0.2) is 35.2 Å². The molecular weight excluding hydrogens is 308 g/mol. The number of nitrogens with one attached hydrogen (secondary N) is 2. The molecule has 0 radical (unpaired) electrons. The van der Waals surface area contributed by atoms with Crippen molar-refractivity contribution in [3.63, 3.8) is 0 Å². The number of amides is 1. The minimum Gasteiger partial charge on any atom is -0.360 e. The molecule has 1 aromatic carbocycles. The molecule has 0 spiro atoms. The number of fused-ring (bicyclic) bond motifs is 1. The van der Waals surface area contributed by atoms with Gasteiger partial charge in [-0.05, 0) is 19.1 Å². The lowest BCUT2D eigenvalue weighted by Crippen LogP contribution is -2.23. The summed E-state index contributed by atoms with van der Waals surface area (Å²) in [4.78, 5) is 18.5. The fraction of sp³-hybridized carbons (Fsp3) is 0.154. The molecule has 114 valence electrons. The van der Waals surface area contributed by atoms with E-state index in [1.54, 1.807) is 31.2 Å². The van der Waals surface area contributed by atoms with Crippen LogP contribution in [0.5, 0.6) is 0 Å². The zero-order valence-electron chi connectivity index (χ0n) is 11.5. The van der Waals surface area contributed by atoms with Crippen LogP contribution in [0.1, 0.15) is 5.76 Å². The number of hydrogen-bond acceptors (Lipinski definition) is 6. The van der Waals surface area contributed by atoms with Gasteiger partial charge in [-0.2, -0.15) is 0 Å². The fourth-order valence-corrected chi connectivity index (χ4v) is 2.98. The van der Waals surface area contributed by atoms with Crippen molar-refractivity contribution in [1.29, 1.82) is 0 Å². The van der Waals surface area contributed by atoms with Crippen molar-refractivity contribution in [1.82, 2.24) is 15.1 Å². The van der Waals surface area contributed by atoms with Gasteiger partial charge in [-0.15, -0.1) is 0 Å². The molecule has 0 fully saturated rings. The highest BCUT2D eigenvalue weighted by molar-refractivity contribution is 7.92. The lowest BCUT2D eigenvalue weighted by Gasteiger charge is -2.01. The van der Waals surface area contributed by atoms with Crippen molar-refractivity contribution in [2.24, 2.45) is 0 Å².